The first-order valence-electron chi connectivity index (χ1n) is 12.9. The fourth-order valence-electron chi connectivity index (χ4n) is 5.06. The first-order chi connectivity index (χ1) is 18.9. The minimum Gasteiger partial charge on any atom is -0.379 e. The van der Waals surface area contributed by atoms with Crippen molar-refractivity contribution in [2.45, 2.75) is 26.4 Å². The van der Waals surface area contributed by atoms with Gasteiger partial charge in [-0.3, -0.25) is 19.5 Å². The number of rotatable bonds is 6. The maximum absolute atomic E-state index is 14.3. The van der Waals surface area contributed by atoms with Crippen LogP contribution in [0.2, 0.25) is 0 Å². The number of hydrogen-bond acceptors (Lipinski definition) is 7. The highest BCUT2D eigenvalue weighted by Crippen LogP contribution is 2.26. The quantitative estimate of drug-likeness (QED) is 0.410. The molecule has 2 amide bonds. The third-order valence-corrected chi connectivity index (χ3v) is 7.05. The Morgan fingerprint density at radius 2 is 1.92 bits per heavy atom. The Balaban J connectivity index is 1.24. The standard InChI is InChI=1S/C28H28FN7O3/c1-18(37)31-26-17-36-27(32-26)5-4-24(33-36)20-13-23-25(30-14-20)6-7-35(28(23)38)16-21-12-22(29)3-2-19(21)15-34-8-10-39-11-9-34/h2-5,12-14,17H,6-11,15-16H2,1H3,(H,31,37). The summed E-state index contributed by atoms with van der Waals surface area (Å²) >= 11 is 0. The number of ether oxygens (including phenoxy) is 1. The molecule has 3 aromatic heterocycles. The summed E-state index contributed by atoms with van der Waals surface area (Å²) in [5.41, 5.74) is 4.98. The molecule has 0 saturated carbocycles. The van der Waals surface area contributed by atoms with E-state index in [9.17, 15) is 14.0 Å². The average molecular weight is 530 g/mol. The van der Waals surface area contributed by atoms with E-state index in [1.165, 1.54) is 19.1 Å². The predicted molar refractivity (Wildman–Crippen MR) is 141 cm³/mol. The van der Waals surface area contributed by atoms with Crippen LogP contribution in [0.1, 0.15) is 34.1 Å². The second-order valence-corrected chi connectivity index (χ2v) is 9.83. The van der Waals surface area contributed by atoms with E-state index in [4.69, 9.17) is 4.74 Å². The molecule has 6 rings (SSSR count). The summed E-state index contributed by atoms with van der Waals surface area (Å²) in [7, 11) is 0. The second-order valence-electron chi connectivity index (χ2n) is 9.83. The fourth-order valence-corrected chi connectivity index (χ4v) is 5.06. The minimum atomic E-state index is -0.313. The molecule has 1 N–H and O–H groups in total. The van der Waals surface area contributed by atoms with Crippen molar-refractivity contribution in [3.05, 3.63) is 77.0 Å². The van der Waals surface area contributed by atoms with Crippen LogP contribution in [0.25, 0.3) is 16.9 Å². The number of halogens is 1. The van der Waals surface area contributed by atoms with Crippen LogP contribution in [0.3, 0.4) is 0 Å². The lowest BCUT2D eigenvalue weighted by Crippen LogP contribution is -2.38. The van der Waals surface area contributed by atoms with Gasteiger partial charge in [-0.15, -0.1) is 0 Å². The molecule has 4 aromatic rings. The van der Waals surface area contributed by atoms with E-state index in [-0.39, 0.29) is 17.6 Å². The zero-order chi connectivity index (χ0) is 26.9. The van der Waals surface area contributed by atoms with Crippen LogP contribution in [0.5, 0.6) is 0 Å². The van der Waals surface area contributed by atoms with Crippen molar-refractivity contribution in [2.24, 2.45) is 0 Å². The Hall–Kier alpha value is -4.22. The molecular weight excluding hydrogens is 501 g/mol. The lowest BCUT2D eigenvalue weighted by molar-refractivity contribution is -0.114. The van der Waals surface area contributed by atoms with Crippen molar-refractivity contribution in [2.75, 3.05) is 38.2 Å². The number of morpholine rings is 1. The van der Waals surface area contributed by atoms with E-state index in [0.29, 0.717) is 67.6 Å². The Bertz CT molecular complexity index is 1560. The van der Waals surface area contributed by atoms with Crippen LogP contribution in [0.15, 0.2) is 48.8 Å². The van der Waals surface area contributed by atoms with E-state index in [1.54, 1.807) is 33.9 Å². The van der Waals surface area contributed by atoms with Gasteiger partial charge in [0.05, 0.1) is 36.4 Å². The van der Waals surface area contributed by atoms with Gasteiger partial charge in [-0.1, -0.05) is 6.07 Å². The lowest BCUT2D eigenvalue weighted by atomic mass is 10.00. The number of imidazole rings is 1. The van der Waals surface area contributed by atoms with Gasteiger partial charge >= 0.3 is 0 Å². The van der Waals surface area contributed by atoms with Crippen molar-refractivity contribution in [1.29, 1.82) is 0 Å². The van der Waals surface area contributed by atoms with E-state index in [0.717, 1.165) is 29.9 Å². The zero-order valence-electron chi connectivity index (χ0n) is 21.6. The molecule has 5 heterocycles. The maximum Gasteiger partial charge on any atom is 0.256 e. The summed E-state index contributed by atoms with van der Waals surface area (Å²) in [5, 5.41) is 7.24. The smallest absolute Gasteiger partial charge is 0.256 e. The third-order valence-electron chi connectivity index (χ3n) is 7.05. The summed E-state index contributed by atoms with van der Waals surface area (Å²) in [6.45, 7) is 5.97. The Morgan fingerprint density at radius 1 is 1.08 bits per heavy atom. The van der Waals surface area contributed by atoms with Crippen LogP contribution in [0, 0.1) is 5.82 Å². The molecule has 10 nitrogen and oxygen atoms in total. The van der Waals surface area contributed by atoms with E-state index < -0.39 is 0 Å². The Morgan fingerprint density at radius 3 is 2.74 bits per heavy atom. The number of fused-ring (bicyclic) bond motifs is 2. The number of nitrogens with one attached hydrogen (secondary N) is 1. The molecule has 1 aromatic carbocycles. The number of amides is 2. The van der Waals surface area contributed by atoms with Crippen LogP contribution in [0.4, 0.5) is 10.2 Å². The number of pyridine rings is 1. The van der Waals surface area contributed by atoms with E-state index >= 15 is 0 Å². The zero-order valence-corrected chi connectivity index (χ0v) is 21.6. The third kappa shape index (κ3) is 5.36. The fraction of sp³-hybridized carbons (Fsp3) is 0.321. The summed E-state index contributed by atoms with van der Waals surface area (Å²) in [6, 6.07) is 10.2. The number of aromatic nitrogens is 4. The second kappa shape index (κ2) is 10.5. The highest BCUT2D eigenvalue weighted by atomic mass is 19.1. The van der Waals surface area contributed by atoms with Crippen molar-refractivity contribution >= 4 is 23.3 Å². The van der Waals surface area contributed by atoms with Gasteiger partial charge in [0.15, 0.2) is 11.5 Å². The highest BCUT2D eigenvalue weighted by molar-refractivity contribution is 5.97. The minimum absolute atomic E-state index is 0.135. The molecule has 1 saturated heterocycles. The van der Waals surface area contributed by atoms with Crippen molar-refractivity contribution < 1.29 is 18.7 Å². The lowest BCUT2D eigenvalue weighted by Gasteiger charge is -2.30. The van der Waals surface area contributed by atoms with Crippen LogP contribution >= 0.6 is 0 Å². The van der Waals surface area contributed by atoms with Crippen molar-refractivity contribution in [3.8, 4) is 11.3 Å². The first-order valence-corrected chi connectivity index (χ1v) is 12.9. The molecule has 0 radical (unpaired) electrons. The van der Waals surface area contributed by atoms with Crippen molar-refractivity contribution in [1.82, 2.24) is 29.4 Å². The van der Waals surface area contributed by atoms with Gasteiger partial charge in [-0.2, -0.15) is 5.10 Å². The van der Waals surface area contributed by atoms with Gasteiger partial charge in [-0.25, -0.2) is 13.9 Å². The molecule has 11 heteroatoms. The number of anilines is 1. The van der Waals surface area contributed by atoms with Gasteiger partial charge in [0.2, 0.25) is 5.91 Å². The molecule has 0 atom stereocenters. The SMILES string of the molecule is CC(=O)Nc1cn2nc(-c3cnc4c(c3)C(=O)N(Cc3cc(F)ccc3CN3CCOCC3)CC4)ccc2n1. The summed E-state index contributed by atoms with van der Waals surface area (Å²) < 4.78 is 21.3. The molecule has 2 aliphatic rings. The largest absolute Gasteiger partial charge is 0.379 e. The van der Waals surface area contributed by atoms with Crippen LogP contribution < -0.4 is 5.32 Å². The number of carbonyl (C=O) groups is 2. The topological polar surface area (TPSA) is 105 Å². The molecule has 0 unspecified atom stereocenters. The Kier molecular flexibility index (Phi) is 6.76. The molecule has 0 bridgehead atoms. The van der Waals surface area contributed by atoms with E-state index in [1.807, 2.05) is 12.1 Å². The van der Waals surface area contributed by atoms with Crippen LogP contribution in [-0.4, -0.2) is 74.0 Å². The van der Waals surface area contributed by atoms with Gasteiger partial charge in [0.1, 0.15) is 5.82 Å². The normalized spacial score (nSPS) is 15.9. The molecular formula is C28H28FN7O3. The first kappa shape index (κ1) is 25.1. The van der Waals surface area contributed by atoms with Gasteiger partial charge in [0, 0.05) is 57.8 Å². The van der Waals surface area contributed by atoms with Gasteiger partial charge < -0.3 is 15.0 Å². The molecule has 0 aliphatic carbocycles. The van der Waals surface area contributed by atoms with Crippen molar-refractivity contribution in [3.63, 3.8) is 0 Å². The summed E-state index contributed by atoms with van der Waals surface area (Å²) in [6.07, 6.45) is 3.96. The summed E-state index contributed by atoms with van der Waals surface area (Å²) in [4.78, 5) is 37.9. The summed E-state index contributed by atoms with van der Waals surface area (Å²) in [5.74, 6) is -0.255. The molecule has 39 heavy (non-hydrogen) atoms. The molecule has 1 fully saturated rings. The molecule has 2 aliphatic heterocycles. The van der Waals surface area contributed by atoms with Gasteiger partial charge in [-0.05, 0) is 41.5 Å². The highest BCUT2D eigenvalue weighted by Gasteiger charge is 2.27. The number of benzene rings is 1. The molecule has 200 valence electrons. The number of hydrogen-bond donors (Lipinski definition) is 1. The van der Waals surface area contributed by atoms with Gasteiger partial charge in [0.25, 0.3) is 5.91 Å². The molecule has 0 spiro atoms. The number of carbonyl (C=O) groups excluding carboxylic acids is 2. The van der Waals surface area contributed by atoms with Crippen LogP contribution in [-0.2, 0) is 29.0 Å². The van der Waals surface area contributed by atoms with E-state index in [2.05, 4.69) is 25.3 Å². The Labute approximate surface area is 224 Å². The monoisotopic (exact) mass is 529 g/mol. The average Bonchev–Trinajstić information content (AvgIpc) is 3.33. The predicted octanol–water partition coefficient (Wildman–Crippen LogP) is 2.92. The number of nitrogens with zero attached hydrogens (tertiary/aromatic N) is 6. The maximum atomic E-state index is 14.3.